The largest absolute Gasteiger partial charge is 0.481 e. The third-order valence-electron chi connectivity index (χ3n) is 7.28. The Kier molecular flexibility index (Phi) is 32.2. The number of carbonyl (C=O) groups excluding carboxylic acids is 2. The quantitative estimate of drug-likeness (QED) is 0.0647. The molecule has 0 fully saturated rings. The molecule has 0 saturated heterocycles. The van der Waals surface area contributed by atoms with E-state index in [1.807, 2.05) is 0 Å². The molecule has 0 aliphatic carbocycles. The summed E-state index contributed by atoms with van der Waals surface area (Å²) < 4.78 is -1.43. The maximum atomic E-state index is 12.4. The van der Waals surface area contributed by atoms with Gasteiger partial charge in [0.1, 0.15) is 0 Å². The molecule has 0 saturated carbocycles. The standard InChI is InChI=1S/C31H58O4S2.C3H6O2/c1-4-6-8-10-12-14-16-18-20-22-24-26-28(32)36-31(3,30(34)35)37-29(33)27-25-23-21-19-17-15-13-11-9-7-5-2;1-2-3(4)5/h4-27H2,1-3H3,(H,34,35);2H2,1H3,(H,4,5). The molecule has 0 aromatic rings. The molecule has 0 spiro atoms. The van der Waals surface area contributed by atoms with Gasteiger partial charge in [0, 0.05) is 19.3 Å². The Morgan fingerprint density at radius 3 is 0.929 bits per heavy atom. The van der Waals surface area contributed by atoms with Gasteiger partial charge < -0.3 is 10.2 Å². The van der Waals surface area contributed by atoms with Gasteiger partial charge in [0.15, 0.2) is 14.3 Å². The van der Waals surface area contributed by atoms with Crippen LogP contribution in [0.2, 0.25) is 0 Å². The average Bonchev–Trinajstić information content (AvgIpc) is 2.94. The van der Waals surface area contributed by atoms with Crippen molar-refractivity contribution in [1.29, 1.82) is 0 Å². The van der Waals surface area contributed by atoms with E-state index in [0.717, 1.165) is 62.0 Å². The molecule has 8 heteroatoms. The van der Waals surface area contributed by atoms with Gasteiger partial charge in [0.2, 0.25) is 0 Å². The fraction of sp³-hybridized carbons (Fsp3) is 0.882. The number of hydrogen-bond donors (Lipinski definition) is 2. The highest BCUT2D eigenvalue weighted by Crippen LogP contribution is 2.40. The number of hydrogen-bond acceptors (Lipinski definition) is 6. The summed E-state index contributed by atoms with van der Waals surface area (Å²) in [6.07, 6.45) is 27.8. The molecule has 0 aromatic carbocycles. The molecule has 0 atom stereocenters. The summed E-state index contributed by atoms with van der Waals surface area (Å²) in [6.45, 7) is 7.58. The molecule has 0 rings (SSSR count). The third kappa shape index (κ3) is 30.4. The molecule has 0 bridgehead atoms. The molecule has 0 aliphatic heterocycles. The van der Waals surface area contributed by atoms with Crippen LogP contribution in [0.5, 0.6) is 0 Å². The Labute approximate surface area is 266 Å². The fourth-order valence-electron chi connectivity index (χ4n) is 4.51. The third-order valence-corrected chi connectivity index (χ3v) is 9.77. The first kappa shape index (κ1) is 43.1. The summed E-state index contributed by atoms with van der Waals surface area (Å²) in [5.74, 6) is -1.84. The van der Waals surface area contributed by atoms with Gasteiger partial charge in [-0.15, -0.1) is 0 Å². The minimum Gasteiger partial charge on any atom is -0.481 e. The molecule has 42 heavy (non-hydrogen) atoms. The van der Waals surface area contributed by atoms with Crippen LogP contribution in [0.1, 0.15) is 188 Å². The highest BCUT2D eigenvalue weighted by atomic mass is 32.2. The van der Waals surface area contributed by atoms with Crippen molar-refractivity contribution in [3.63, 3.8) is 0 Å². The molecule has 248 valence electrons. The van der Waals surface area contributed by atoms with E-state index in [1.165, 1.54) is 110 Å². The van der Waals surface area contributed by atoms with Gasteiger partial charge in [-0.3, -0.25) is 14.4 Å². The molecular formula is C34H64O6S2. The Balaban J connectivity index is 0. The minimum atomic E-state index is -1.43. The molecule has 0 radical (unpaired) electrons. The van der Waals surface area contributed by atoms with E-state index in [0.29, 0.717) is 12.8 Å². The van der Waals surface area contributed by atoms with Crippen molar-refractivity contribution in [3.8, 4) is 0 Å². The molecule has 0 unspecified atom stereocenters. The fourth-order valence-corrected chi connectivity index (χ4v) is 6.77. The second-order valence-corrected chi connectivity index (χ2v) is 14.7. The summed E-state index contributed by atoms with van der Waals surface area (Å²) in [6, 6.07) is 0. The maximum absolute atomic E-state index is 12.4. The number of thioether (sulfide) groups is 2. The van der Waals surface area contributed by atoms with E-state index in [4.69, 9.17) is 5.11 Å². The van der Waals surface area contributed by atoms with E-state index in [1.54, 1.807) is 6.92 Å². The molecule has 0 amide bonds. The first-order valence-electron chi connectivity index (χ1n) is 17.0. The average molecular weight is 633 g/mol. The Bertz CT molecular complexity index is 643. The topological polar surface area (TPSA) is 109 Å². The van der Waals surface area contributed by atoms with Crippen molar-refractivity contribution in [2.45, 2.75) is 192 Å². The second kappa shape index (κ2) is 31.4. The van der Waals surface area contributed by atoms with Crippen molar-refractivity contribution < 1.29 is 29.4 Å². The van der Waals surface area contributed by atoms with Crippen molar-refractivity contribution >= 4 is 45.7 Å². The van der Waals surface area contributed by atoms with Gasteiger partial charge >= 0.3 is 11.9 Å². The second-order valence-electron chi connectivity index (χ2n) is 11.5. The van der Waals surface area contributed by atoms with Gasteiger partial charge in [-0.1, -0.05) is 173 Å². The van der Waals surface area contributed by atoms with E-state index >= 15 is 0 Å². The Hall–Kier alpha value is -1.02. The van der Waals surface area contributed by atoms with Crippen LogP contribution >= 0.6 is 23.5 Å². The molecule has 0 aromatic heterocycles. The Morgan fingerprint density at radius 1 is 0.476 bits per heavy atom. The minimum absolute atomic E-state index is 0.115. The lowest BCUT2D eigenvalue weighted by Crippen LogP contribution is -2.30. The number of carbonyl (C=O) groups is 4. The van der Waals surface area contributed by atoms with Crippen molar-refractivity contribution in [2.24, 2.45) is 0 Å². The van der Waals surface area contributed by atoms with E-state index < -0.39 is 16.0 Å². The molecule has 2 N–H and O–H groups in total. The number of unbranched alkanes of at least 4 members (excludes halogenated alkanes) is 20. The van der Waals surface area contributed by atoms with Crippen LogP contribution in [0.25, 0.3) is 0 Å². The predicted octanol–water partition coefficient (Wildman–Crippen LogP) is 11.2. The lowest BCUT2D eigenvalue weighted by atomic mass is 10.1. The molecule has 0 aliphatic rings. The van der Waals surface area contributed by atoms with Crippen LogP contribution in [0.15, 0.2) is 0 Å². The summed E-state index contributed by atoms with van der Waals surface area (Å²) in [4.78, 5) is 46.1. The first-order chi connectivity index (χ1) is 20.1. The lowest BCUT2D eigenvalue weighted by Gasteiger charge is -2.21. The highest BCUT2D eigenvalue weighted by molar-refractivity contribution is 8.31. The Morgan fingerprint density at radius 2 is 0.714 bits per heavy atom. The van der Waals surface area contributed by atoms with Gasteiger partial charge in [-0.2, -0.15) is 0 Å². The van der Waals surface area contributed by atoms with E-state index in [2.05, 4.69) is 13.8 Å². The maximum Gasteiger partial charge on any atom is 0.330 e. The number of carboxylic acids is 2. The zero-order valence-electron chi connectivity index (χ0n) is 27.5. The normalized spacial score (nSPS) is 11.1. The number of carboxylic acid groups (broad SMARTS) is 2. The smallest absolute Gasteiger partial charge is 0.330 e. The molecule has 6 nitrogen and oxygen atoms in total. The van der Waals surface area contributed by atoms with Crippen LogP contribution in [0, 0.1) is 0 Å². The predicted molar refractivity (Wildman–Crippen MR) is 181 cm³/mol. The SMILES string of the molecule is CCC(=O)O.CCCCCCCCCCCCCC(=O)SC(C)(SC(=O)CCCCCCCCCCCCC)C(=O)O. The zero-order chi connectivity index (χ0) is 31.9. The molecular weight excluding hydrogens is 569 g/mol. The van der Waals surface area contributed by atoms with Crippen LogP contribution in [0.4, 0.5) is 0 Å². The van der Waals surface area contributed by atoms with Gasteiger partial charge in [0.05, 0.1) is 0 Å². The summed E-state index contributed by atoms with van der Waals surface area (Å²) >= 11 is 1.66. The van der Waals surface area contributed by atoms with Crippen LogP contribution in [-0.4, -0.2) is 36.5 Å². The van der Waals surface area contributed by atoms with Crippen LogP contribution < -0.4 is 0 Å². The number of rotatable bonds is 28. The molecule has 0 heterocycles. The van der Waals surface area contributed by atoms with Gasteiger partial charge in [-0.05, 0) is 19.8 Å². The van der Waals surface area contributed by atoms with Crippen molar-refractivity contribution in [3.05, 3.63) is 0 Å². The van der Waals surface area contributed by atoms with Gasteiger partial charge in [-0.25, -0.2) is 4.79 Å². The number of aliphatic carboxylic acids is 2. The lowest BCUT2D eigenvalue weighted by molar-refractivity contribution is -0.137. The zero-order valence-corrected chi connectivity index (χ0v) is 29.2. The van der Waals surface area contributed by atoms with E-state index in [9.17, 15) is 24.3 Å². The van der Waals surface area contributed by atoms with Gasteiger partial charge in [0.25, 0.3) is 0 Å². The van der Waals surface area contributed by atoms with Crippen LogP contribution in [-0.2, 0) is 19.2 Å². The van der Waals surface area contributed by atoms with Crippen LogP contribution in [0.3, 0.4) is 0 Å². The van der Waals surface area contributed by atoms with Crippen molar-refractivity contribution in [2.75, 3.05) is 0 Å². The summed E-state index contributed by atoms with van der Waals surface area (Å²) in [5, 5.41) is 17.2. The summed E-state index contributed by atoms with van der Waals surface area (Å²) in [5.41, 5.74) is 0. The highest BCUT2D eigenvalue weighted by Gasteiger charge is 2.39. The van der Waals surface area contributed by atoms with E-state index in [-0.39, 0.29) is 16.7 Å². The summed E-state index contributed by atoms with van der Waals surface area (Å²) in [7, 11) is 0. The van der Waals surface area contributed by atoms with Crippen molar-refractivity contribution in [1.82, 2.24) is 0 Å². The first-order valence-corrected chi connectivity index (χ1v) is 18.6. The monoisotopic (exact) mass is 632 g/mol.